The first-order valence-electron chi connectivity index (χ1n) is 21.8. The van der Waals surface area contributed by atoms with E-state index in [4.69, 9.17) is 14.2 Å². The standard InChI is InChI=1S/C43H58F4N6O9S/c1-8-24-30-21-53(31(24)35(54)51-42(20-26(42)34(44)45)38(56)52-63(58,59)41(6)17-18-41)37(55)33(40(3,4)5)50-39(57)62-29-15-12-22(2)25(29)11-9-10-16-43(46,47)32-36(61-30)49-28-19-23(60-7)13-14-27(28)48-32/h13-14,19,22,24-26,29-31,33-34H,8-12,15-18,20-21H2,1-7H3,(H,50,57)(H,51,54)(H,52,56)/t22-,24+,25+,26-,29+,30-,31-,33+,42+/m0/s1. The van der Waals surface area contributed by atoms with E-state index < -0.39 is 129 Å². The van der Waals surface area contributed by atoms with E-state index >= 15 is 13.6 Å². The van der Waals surface area contributed by atoms with Crippen LogP contribution >= 0.6 is 0 Å². The number of fused-ring (bicyclic) bond motifs is 5. The average Bonchev–Trinajstić information content (AvgIpc) is 4.08. The second-order valence-corrected chi connectivity index (χ2v) is 21.6. The monoisotopic (exact) mass is 910 g/mol. The fourth-order valence-corrected chi connectivity index (χ4v) is 10.9. The van der Waals surface area contributed by atoms with Gasteiger partial charge in [0.15, 0.2) is 5.69 Å². The van der Waals surface area contributed by atoms with Gasteiger partial charge < -0.3 is 29.7 Å². The number of rotatable bonds is 8. The molecule has 348 valence electrons. The van der Waals surface area contributed by atoms with Gasteiger partial charge in [-0.1, -0.05) is 41.0 Å². The average molecular weight is 911 g/mol. The maximum atomic E-state index is 16.6. The molecule has 15 nitrogen and oxygen atoms in total. The minimum Gasteiger partial charge on any atom is -0.497 e. The Hall–Kier alpha value is -4.49. The quantitative estimate of drug-likeness (QED) is 0.264. The zero-order valence-electron chi connectivity index (χ0n) is 36.6. The molecule has 2 aromatic rings. The van der Waals surface area contributed by atoms with Crippen LogP contribution in [0.5, 0.6) is 11.6 Å². The normalized spacial score (nSPS) is 32.0. The van der Waals surface area contributed by atoms with Crippen molar-refractivity contribution < 1.29 is 59.4 Å². The highest BCUT2D eigenvalue weighted by Gasteiger charge is 2.68. The van der Waals surface area contributed by atoms with Crippen LogP contribution in [0.4, 0.5) is 22.4 Å². The van der Waals surface area contributed by atoms with E-state index in [0.29, 0.717) is 25.0 Å². The lowest BCUT2D eigenvalue weighted by Crippen LogP contribution is -2.61. The lowest BCUT2D eigenvalue weighted by atomic mass is 9.85. The SMILES string of the molecule is CC[C@@H]1[C@@H]2CN(C(=O)[C@H](C(C)(C)C)NC(=O)O[C@@H]3CC[C@H](C)[C@H]3CCCCC(F)(F)c3nc4ccc(OC)cc4nc3O2)[C@@H]1C(=O)N[C@]1(C(=O)NS(=O)(=O)C2(C)CC2)C[C@H]1C(F)F. The van der Waals surface area contributed by atoms with Crippen LogP contribution in [-0.2, 0) is 35.1 Å². The summed E-state index contributed by atoms with van der Waals surface area (Å²) in [6, 6.07) is 1.59. The number of amides is 4. The first-order chi connectivity index (χ1) is 29.4. The summed E-state index contributed by atoms with van der Waals surface area (Å²) in [5.74, 6) is -9.80. The Morgan fingerprint density at radius 1 is 1.03 bits per heavy atom. The van der Waals surface area contributed by atoms with Gasteiger partial charge in [0.1, 0.15) is 35.6 Å². The highest BCUT2D eigenvalue weighted by Crippen LogP contribution is 2.50. The number of aromatic nitrogens is 2. The van der Waals surface area contributed by atoms with Gasteiger partial charge in [-0.15, -0.1) is 0 Å². The van der Waals surface area contributed by atoms with E-state index in [1.807, 2.05) is 11.6 Å². The maximum absolute atomic E-state index is 16.6. The van der Waals surface area contributed by atoms with Crippen molar-refractivity contribution in [3.8, 4) is 11.6 Å². The number of ether oxygens (including phenoxy) is 3. The van der Waals surface area contributed by atoms with Gasteiger partial charge in [0, 0.05) is 18.4 Å². The third-order valence-electron chi connectivity index (χ3n) is 14.0. The van der Waals surface area contributed by atoms with Crippen molar-refractivity contribution in [1.29, 1.82) is 0 Å². The molecule has 2 aliphatic heterocycles. The van der Waals surface area contributed by atoms with Crippen molar-refractivity contribution in [2.45, 2.75) is 153 Å². The lowest BCUT2D eigenvalue weighted by molar-refractivity contribution is -0.144. The predicted octanol–water partition coefficient (Wildman–Crippen LogP) is 5.98. The topological polar surface area (TPSA) is 195 Å². The number of nitrogens with zero attached hydrogens (tertiary/aromatic N) is 3. The van der Waals surface area contributed by atoms with Crippen LogP contribution in [0, 0.1) is 29.1 Å². The van der Waals surface area contributed by atoms with Crippen LogP contribution in [0.15, 0.2) is 18.2 Å². The second kappa shape index (κ2) is 16.8. The molecule has 7 rings (SSSR count). The molecule has 4 amide bonds. The van der Waals surface area contributed by atoms with Crippen LogP contribution in [0.3, 0.4) is 0 Å². The number of carbonyl (C=O) groups excluding carboxylic acids is 4. The molecule has 1 saturated heterocycles. The van der Waals surface area contributed by atoms with E-state index in [1.165, 1.54) is 26.2 Å². The molecule has 2 bridgehead atoms. The highest BCUT2D eigenvalue weighted by molar-refractivity contribution is 7.91. The minimum atomic E-state index is -4.32. The summed E-state index contributed by atoms with van der Waals surface area (Å²) in [6.07, 6.45) is -4.25. The highest BCUT2D eigenvalue weighted by atomic mass is 32.2. The number of nitrogens with one attached hydrogen (secondary N) is 3. The van der Waals surface area contributed by atoms with Gasteiger partial charge in [0.25, 0.3) is 11.8 Å². The Bertz CT molecular complexity index is 2240. The molecule has 3 heterocycles. The van der Waals surface area contributed by atoms with Gasteiger partial charge >= 0.3 is 6.09 Å². The largest absolute Gasteiger partial charge is 0.497 e. The zero-order valence-corrected chi connectivity index (χ0v) is 37.5. The lowest BCUT2D eigenvalue weighted by Gasteiger charge is -2.36. The molecule has 0 spiro atoms. The second-order valence-electron chi connectivity index (χ2n) is 19.4. The molecular formula is C43H58F4N6O9S. The molecule has 5 aliphatic rings. The van der Waals surface area contributed by atoms with E-state index in [9.17, 15) is 31.6 Å². The molecule has 9 atom stereocenters. The minimum absolute atomic E-state index is 0.0498. The van der Waals surface area contributed by atoms with Crippen molar-refractivity contribution in [3.05, 3.63) is 23.9 Å². The number of hydrogen-bond donors (Lipinski definition) is 3. The number of alkyl carbamates (subject to hydrolysis) is 1. The first-order valence-corrected chi connectivity index (χ1v) is 23.3. The van der Waals surface area contributed by atoms with Crippen LogP contribution in [0.2, 0.25) is 0 Å². The third-order valence-corrected chi connectivity index (χ3v) is 16.2. The molecule has 63 heavy (non-hydrogen) atoms. The van der Waals surface area contributed by atoms with Gasteiger partial charge in [-0.05, 0) is 87.7 Å². The Morgan fingerprint density at radius 2 is 1.75 bits per heavy atom. The summed E-state index contributed by atoms with van der Waals surface area (Å²) < 4.78 is 107. The first kappa shape index (κ1) is 46.5. The molecule has 1 aromatic heterocycles. The van der Waals surface area contributed by atoms with Crippen molar-refractivity contribution in [2.75, 3.05) is 13.7 Å². The molecule has 4 fully saturated rings. The van der Waals surface area contributed by atoms with Crippen molar-refractivity contribution in [1.82, 2.24) is 30.2 Å². The maximum Gasteiger partial charge on any atom is 0.408 e. The molecule has 1 aromatic carbocycles. The smallest absolute Gasteiger partial charge is 0.408 e. The van der Waals surface area contributed by atoms with Gasteiger partial charge in [-0.25, -0.2) is 32.0 Å². The van der Waals surface area contributed by atoms with E-state index in [-0.39, 0.29) is 48.6 Å². The predicted molar refractivity (Wildman–Crippen MR) is 220 cm³/mol. The summed E-state index contributed by atoms with van der Waals surface area (Å²) >= 11 is 0. The summed E-state index contributed by atoms with van der Waals surface area (Å²) in [4.78, 5) is 67.2. The molecule has 20 heteroatoms. The van der Waals surface area contributed by atoms with Gasteiger partial charge in [-0.3, -0.25) is 19.1 Å². The molecular weight excluding hydrogens is 853 g/mol. The summed E-state index contributed by atoms with van der Waals surface area (Å²) in [7, 11) is -2.90. The summed E-state index contributed by atoms with van der Waals surface area (Å²) in [6.45, 7) is 9.69. The molecule has 3 saturated carbocycles. The number of hydrogen-bond acceptors (Lipinski definition) is 11. The fourth-order valence-electron chi connectivity index (χ4n) is 9.58. The van der Waals surface area contributed by atoms with Crippen LogP contribution in [0.25, 0.3) is 11.0 Å². The van der Waals surface area contributed by atoms with Crippen LogP contribution < -0.4 is 24.8 Å². The van der Waals surface area contributed by atoms with Gasteiger partial charge in [0.2, 0.25) is 34.1 Å². The number of carbonyl (C=O) groups is 4. The number of halogens is 4. The Kier molecular flexibility index (Phi) is 12.4. The Balaban J connectivity index is 1.32. The number of benzene rings is 1. The Labute approximate surface area is 364 Å². The zero-order chi connectivity index (χ0) is 46.0. The van der Waals surface area contributed by atoms with E-state index in [2.05, 4.69) is 20.6 Å². The fraction of sp³-hybridized carbons (Fsp3) is 0.721. The number of sulfonamides is 1. The molecule has 3 aliphatic carbocycles. The molecule has 0 radical (unpaired) electrons. The molecule has 3 N–H and O–H groups in total. The Morgan fingerprint density at radius 3 is 2.37 bits per heavy atom. The summed E-state index contributed by atoms with van der Waals surface area (Å²) in [5, 5.41) is 5.15. The van der Waals surface area contributed by atoms with Crippen molar-refractivity contribution >= 4 is 44.9 Å². The van der Waals surface area contributed by atoms with Crippen molar-refractivity contribution in [2.24, 2.45) is 29.1 Å². The summed E-state index contributed by atoms with van der Waals surface area (Å²) in [5.41, 5.74) is -3.84. The third kappa shape index (κ3) is 8.98. The van der Waals surface area contributed by atoms with Gasteiger partial charge in [-0.2, -0.15) is 8.78 Å². The van der Waals surface area contributed by atoms with E-state index in [0.717, 1.165) is 11.3 Å². The number of methoxy groups -OCH3 is 1. The van der Waals surface area contributed by atoms with Crippen LogP contribution in [-0.4, -0.2) is 102 Å². The van der Waals surface area contributed by atoms with Crippen LogP contribution in [0.1, 0.15) is 111 Å². The number of alkyl halides is 4. The van der Waals surface area contributed by atoms with E-state index in [1.54, 1.807) is 33.8 Å². The molecule has 0 unspecified atom stereocenters. The van der Waals surface area contributed by atoms with Crippen molar-refractivity contribution in [3.63, 3.8) is 0 Å². The van der Waals surface area contributed by atoms with Gasteiger partial charge in [0.05, 0.1) is 35.4 Å².